The third-order valence-corrected chi connectivity index (χ3v) is 8.27. The molecular formula is C35H41N3O3. The van der Waals surface area contributed by atoms with Gasteiger partial charge in [0.25, 0.3) is 5.91 Å². The molecule has 5 rings (SSSR count). The van der Waals surface area contributed by atoms with Crippen molar-refractivity contribution < 1.29 is 14.3 Å². The molecule has 0 saturated carbocycles. The molecule has 0 spiro atoms. The first-order valence-electron chi connectivity index (χ1n) is 14.7. The van der Waals surface area contributed by atoms with Crippen molar-refractivity contribution in [3.63, 3.8) is 0 Å². The van der Waals surface area contributed by atoms with Gasteiger partial charge in [-0.05, 0) is 66.5 Å². The van der Waals surface area contributed by atoms with E-state index in [2.05, 4.69) is 54.7 Å². The van der Waals surface area contributed by atoms with Crippen LogP contribution in [0.1, 0.15) is 42.0 Å². The van der Waals surface area contributed by atoms with Crippen LogP contribution in [0.2, 0.25) is 0 Å². The Kier molecular flexibility index (Phi) is 9.20. The number of nitrogens with one attached hydrogen (secondary N) is 1. The molecule has 3 aromatic carbocycles. The molecule has 0 radical (unpaired) electrons. The maximum atomic E-state index is 14.0. The van der Waals surface area contributed by atoms with Gasteiger partial charge in [-0.15, -0.1) is 0 Å². The minimum absolute atomic E-state index is 0.0368. The smallest absolute Gasteiger partial charge is 0.251 e. The van der Waals surface area contributed by atoms with Gasteiger partial charge in [0.1, 0.15) is 5.75 Å². The number of benzene rings is 3. The summed E-state index contributed by atoms with van der Waals surface area (Å²) in [6, 6.07) is 27.0. The number of aryl methyl sites for hydroxylation is 2. The first-order chi connectivity index (χ1) is 19.9. The maximum absolute atomic E-state index is 14.0. The molecule has 1 fully saturated rings. The Morgan fingerprint density at radius 1 is 0.927 bits per heavy atom. The Morgan fingerprint density at radius 2 is 1.63 bits per heavy atom. The number of carbonyl (C=O) groups is 2. The number of nitrogens with zero attached hydrogens (tertiary/aromatic N) is 2. The Hall–Kier alpha value is -3.90. The van der Waals surface area contributed by atoms with Crippen LogP contribution in [-0.4, -0.2) is 67.0 Å². The van der Waals surface area contributed by atoms with Crippen molar-refractivity contribution >= 4 is 17.4 Å². The molecule has 0 aliphatic carbocycles. The van der Waals surface area contributed by atoms with E-state index in [1.165, 1.54) is 11.1 Å². The van der Waals surface area contributed by atoms with Crippen molar-refractivity contribution in [1.82, 2.24) is 15.1 Å². The summed E-state index contributed by atoms with van der Waals surface area (Å²) in [4.78, 5) is 30.0. The number of ether oxygens (including phenoxy) is 1. The molecule has 0 aromatic heterocycles. The monoisotopic (exact) mass is 551 g/mol. The second-order valence-corrected chi connectivity index (χ2v) is 11.3. The van der Waals surface area contributed by atoms with Gasteiger partial charge in [0.2, 0.25) is 5.91 Å². The number of likely N-dealkylation sites (N-methyl/N-ethyl adjacent to an activating group) is 1. The molecule has 6 heteroatoms. The molecule has 2 aliphatic rings. The highest BCUT2D eigenvalue weighted by atomic mass is 16.5. The lowest BCUT2D eigenvalue weighted by atomic mass is 9.82. The van der Waals surface area contributed by atoms with Gasteiger partial charge >= 0.3 is 0 Å². The quantitative estimate of drug-likeness (QED) is 0.358. The summed E-state index contributed by atoms with van der Waals surface area (Å²) in [7, 11) is 1.88. The van der Waals surface area contributed by atoms with Gasteiger partial charge in [-0.3, -0.25) is 9.59 Å². The van der Waals surface area contributed by atoms with Crippen LogP contribution < -0.4 is 10.1 Å². The fourth-order valence-corrected chi connectivity index (χ4v) is 5.92. The highest BCUT2D eigenvalue weighted by Crippen LogP contribution is 2.34. The normalized spacial score (nSPS) is 18.3. The number of carbonyl (C=O) groups excluding carboxylic acids is 2. The molecule has 0 unspecified atom stereocenters. The van der Waals surface area contributed by atoms with Crippen molar-refractivity contribution in [1.29, 1.82) is 0 Å². The van der Waals surface area contributed by atoms with Crippen molar-refractivity contribution in [2.45, 2.75) is 51.6 Å². The van der Waals surface area contributed by atoms with Crippen LogP contribution in [0.3, 0.4) is 0 Å². The predicted octanol–water partition coefficient (Wildman–Crippen LogP) is 5.05. The van der Waals surface area contributed by atoms with Gasteiger partial charge < -0.3 is 19.9 Å². The van der Waals surface area contributed by atoms with Gasteiger partial charge in [0.15, 0.2) is 0 Å². The highest BCUT2D eigenvalue weighted by molar-refractivity contribution is 6.03. The fourth-order valence-electron chi connectivity index (χ4n) is 5.92. The molecule has 2 amide bonds. The second kappa shape index (κ2) is 13.2. The Labute approximate surface area is 244 Å². The molecule has 3 aromatic rings. The lowest BCUT2D eigenvalue weighted by molar-refractivity contribution is -0.132. The number of hydrogen-bond donors (Lipinski definition) is 1. The zero-order valence-electron chi connectivity index (χ0n) is 24.4. The highest BCUT2D eigenvalue weighted by Gasteiger charge is 2.39. The second-order valence-electron chi connectivity index (χ2n) is 11.3. The minimum Gasteiger partial charge on any atom is -0.493 e. The van der Waals surface area contributed by atoms with E-state index >= 15 is 0 Å². The van der Waals surface area contributed by atoms with E-state index in [9.17, 15) is 9.59 Å². The van der Waals surface area contributed by atoms with Crippen LogP contribution in [0.4, 0.5) is 0 Å². The molecule has 2 heterocycles. The molecule has 41 heavy (non-hydrogen) atoms. The van der Waals surface area contributed by atoms with Crippen LogP contribution >= 0.6 is 0 Å². The van der Waals surface area contributed by atoms with Crippen LogP contribution in [-0.2, 0) is 22.4 Å². The van der Waals surface area contributed by atoms with Gasteiger partial charge in [-0.25, -0.2) is 0 Å². The lowest BCUT2D eigenvalue weighted by Crippen LogP contribution is -2.61. The topological polar surface area (TPSA) is 61.9 Å². The Bertz CT molecular complexity index is 1380. The van der Waals surface area contributed by atoms with Crippen molar-refractivity contribution in [3.8, 4) is 5.75 Å². The summed E-state index contributed by atoms with van der Waals surface area (Å²) < 4.78 is 5.97. The van der Waals surface area contributed by atoms with Crippen LogP contribution in [0.15, 0.2) is 84.4 Å². The largest absolute Gasteiger partial charge is 0.493 e. The van der Waals surface area contributed by atoms with Crippen molar-refractivity contribution in [2.75, 3.05) is 33.3 Å². The molecule has 2 aliphatic heterocycles. The van der Waals surface area contributed by atoms with E-state index < -0.39 is 0 Å². The molecular weight excluding hydrogens is 510 g/mol. The standard InChI is InChI=1S/C35H41N3O3/c1-25-10-7-8-14-33(25)41-21-9-13-28-15-17-29(18-16-28)31-22-30-23-38(26(2)39)24-32(36-30)34(31)35(40)37(3)20-19-27-11-5-4-6-12-27/h4-8,10-12,14-18,30,32,36H,9,13,19-24H2,1-3H3/t30-,32-/m1/s1. The summed E-state index contributed by atoms with van der Waals surface area (Å²) in [5, 5.41) is 3.65. The number of fused-ring (bicyclic) bond motifs is 2. The average Bonchev–Trinajstić information content (AvgIpc) is 2.99. The minimum atomic E-state index is -0.175. The molecule has 2 atom stereocenters. The lowest BCUT2D eigenvalue weighted by Gasteiger charge is -2.44. The Morgan fingerprint density at radius 3 is 2.37 bits per heavy atom. The SMILES string of the molecule is CC(=O)N1C[C@H]2CC(c3ccc(CCCOc4ccccc4C)cc3)=C(C(=O)N(C)CCc3ccccc3)[C@@H](C1)N2. The van der Waals surface area contributed by atoms with E-state index in [-0.39, 0.29) is 23.9 Å². The predicted molar refractivity (Wildman–Crippen MR) is 164 cm³/mol. The molecule has 6 nitrogen and oxygen atoms in total. The van der Waals surface area contributed by atoms with E-state index in [0.717, 1.165) is 53.7 Å². The summed E-state index contributed by atoms with van der Waals surface area (Å²) >= 11 is 0. The van der Waals surface area contributed by atoms with E-state index in [0.29, 0.717) is 26.2 Å². The van der Waals surface area contributed by atoms with Gasteiger partial charge in [0.05, 0.1) is 12.6 Å². The number of piperazine rings is 1. The summed E-state index contributed by atoms with van der Waals surface area (Å²) in [6.45, 7) is 6.17. The zero-order chi connectivity index (χ0) is 28.8. The number of rotatable bonds is 10. The fraction of sp³-hybridized carbons (Fsp3) is 0.371. The number of hydrogen-bond acceptors (Lipinski definition) is 4. The number of amides is 2. The zero-order valence-corrected chi connectivity index (χ0v) is 24.4. The summed E-state index contributed by atoms with van der Waals surface area (Å²) in [5.74, 6) is 1.04. The van der Waals surface area contributed by atoms with Crippen LogP contribution in [0, 0.1) is 6.92 Å². The average molecular weight is 552 g/mol. The van der Waals surface area contributed by atoms with Gasteiger partial charge in [0, 0.05) is 45.2 Å². The first kappa shape index (κ1) is 28.6. The van der Waals surface area contributed by atoms with E-state index in [4.69, 9.17) is 4.74 Å². The van der Waals surface area contributed by atoms with Gasteiger partial charge in [-0.1, -0.05) is 72.8 Å². The van der Waals surface area contributed by atoms with Crippen molar-refractivity contribution in [3.05, 3.63) is 107 Å². The summed E-state index contributed by atoms with van der Waals surface area (Å²) in [5.41, 5.74) is 6.61. The first-order valence-corrected chi connectivity index (χ1v) is 14.7. The van der Waals surface area contributed by atoms with E-state index in [1.54, 1.807) is 6.92 Å². The van der Waals surface area contributed by atoms with Crippen LogP contribution in [0.5, 0.6) is 5.75 Å². The molecule has 214 valence electrons. The molecule has 1 N–H and O–H groups in total. The van der Waals surface area contributed by atoms with Crippen molar-refractivity contribution in [2.24, 2.45) is 0 Å². The third kappa shape index (κ3) is 7.06. The Balaban J connectivity index is 1.31. The summed E-state index contributed by atoms with van der Waals surface area (Å²) in [6.07, 6.45) is 3.38. The van der Waals surface area contributed by atoms with E-state index in [1.807, 2.05) is 53.2 Å². The maximum Gasteiger partial charge on any atom is 0.251 e. The van der Waals surface area contributed by atoms with Crippen LogP contribution in [0.25, 0.3) is 5.57 Å². The number of para-hydroxylation sites is 1. The third-order valence-electron chi connectivity index (χ3n) is 8.27. The molecule has 2 bridgehead atoms. The molecule has 1 saturated heterocycles. The van der Waals surface area contributed by atoms with Gasteiger partial charge in [-0.2, -0.15) is 0 Å².